The molecule has 1 aromatic heterocycles. The molecule has 0 saturated heterocycles. The minimum absolute atomic E-state index is 0.124. The predicted octanol–water partition coefficient (Wildman–Crippen LogP) is 2.68. The van der Waals surface area contributed by atoms with Crippen molar-refractivity contribution < 1.29 is 14.3 Å². The number of fused-ring (bicyclic) bond motifs is 1. The van der Waals surface area contributed by atoms with Crippen molar-refractivity contribution in [2.24, 2.45) is 5.92 Å². The third-order valence-electron chi connectivity index (χ3n) is 4.70. The van der Waals surface area contributed by atoms with Crippen LogP contribution < -0.4 is 5.32 Å². The summed E-state index contributed by atoms with van der Waals surface area (Å²) in [4.78, 5) is 25.5. The Kier molecular flexibility index (Phi) is 4.12. The van der Waals surface area contributed by atoms with E-state index in [9.17, 15) is 9.59 Å². The average molecular weight is 352 g/mol. The van der Waals surface area contributed by atoms with Crippen LogP contribution in [0.4, 0.5) is 0 Å². The van der Waals surface area contributed by atoms with Crippen LogP contribution in [0.1, 0.15) is 39.3 Å². The topological polar surface area (TPSA) is 79.2 Å². The van der Waals surface area contributed by atoms with Gasteiger partial charge in [-0.15, -0.1) is 11.3 Å². The number of hydrogen-bond acceptors (Lipinski definition) is 6. The summed E-state index contributed by atoms with van der Waals surface area (Å²) in [7, 11) is 0. The number of ether oxygens (including phenoxy) is 1. The fourth-order valence-electron chi connectivity index (χ4n) is 3.23. The van der Waals surface area contributed by atoms with Gasteiger partial charge in [0.25, 0.3) is 0 Å². The van der Waals surface area contributed by atoms with Crippen LogP contribution in [-0.4, -0.2) is 18.4 Å². The van der Waals surface area contributed by atoms with Crippen molar-refractivity contribution in [2.75, 3.05) is 6.61 Å². The maximum atomic E-state index is 12.8. The van der Waals surface area contributed by atoms with E-state index in [1.807, 2.05) is 30.3 Å². The molecule has 126 valence electrons. The van der Waals surface area contributed by atoms with E-state index in [0.29, 0.717) is 17.8 Å². The van der Waals surface area contributed by atoms with E-state index >= 15 is 0 Å². The molecule has 3 unspecified atom stereocenters. The van der Waals surface area contributed by atoms with Crippen molar-refractivity contribution in [1.82, 2.24) is 5.32 Å². The summed E-state index contributed by atoms with van der Waals surface area (Å²) in [5, 5.41) is 12.5. The highest BCUT2D eigenvalue weighted by atomic mass is 32.1. The highest BCUT2D eigenvalue weighted by Gasteiger charge is 2.40. The summed E-state index contributed by atoms with van der Waals surface area (Å²) >= 11 is 1.39. The van der Waals surface area contributed by atoms with Crippen LogP contribution in [0.5, 0.6) is 0 Å². The second kappa shape index (κ2) is 6.43. The van der Waals surface area contributed by atoms with Crippen LogP contribution in [0, 0.1) is 17.2 Å². The van der Waals surface area contributed by atoms with E-state index in [1.165, 1.54) is 11.3 Å². The molecule has 1 aliphatic carbocycles. The Morgan fingerprint density at radius 3 is 2.84 bits per heavy atom. The molecule has 25 heavy (non-hydrogen) atoms. The Morgan fingerprint density at radius 1 is 1.32 bits per heavy atom. The van der Waals surface area contributed by atoms with Gasteiger partial charge in [-0.05, 0) is 23.3 Å². The van der Waals surface area contributed by atoms with Gasteiger partial charge in [0, 0.05) is 17.8 Å². The maximum Gasteiger partial charge on any atom is 0.315 e. The standard InChI is InChI=1S/C19H16N2O3S/c20-8-13-5-6-16(25-13)18-17(19(23)24-10-12-7-15(12)22)14-4-2-1-3-11(14)9-21-18/h1-6,12,17-18,21H,7,9-10H2. The number of nitrogens with one attached hydrogen (secondary N) is 1. The normalized spacial score (nSPS) is 24.3. The van der Waals surface area contributed by atoms with Crippen molar-refractivity contribution in [3.8, 4) is 6.07 Å². The highest BCUT2D eigenvalue weighted by molar-refractivity contribution is 7.12. The molecule has 1 N–H and O–H groups in total. The van der Waals surface area contributed by atoms with E-state index in [1.54, 1.807) is 6.07 Å². The van der Waals surface area contributed by atoms with Crippen molar-refractivity contribution in [3.63, 3.8) is 0 Å². The summed E-state index contributed by atoms with van der Waals surface area (Å²) < 4.78 is 5.46. The van der Waals surface area contributed by atoms with E-state index in [-0.39, 0.29) is 30.3 Å². The lowest BCUT2D eigenvalue weighted by Gasteiger charge is -2.32. The molecule has 0 spiro atoms. The quantitative estimate of drug-likeness (QED) is 0.856. The van der Waals surface area contributed by atoms with Crippen LogP contribution in [0.25, 0.3) is 0 Å². The lowest BCUT2D eigenvalue weighted by atomic mass is 9.84. The number of carbonyl (C=O) groups excluding carboxylic acids is 2. The molecule has 1 saturated carbocycles. The molecule has 2 aliphatic rings. The molecule has 2 heterocycles. The van der Waals surface area contributed by atoms with Crippen LogP contribution in [-0.2, 0) is 20.9 Å². The molecule has 2 aromatic rings. The summed E-state index contributed by atoms with van der Waals surface area (Å²) in [6, 6.07) is 13.4. The third kappa shape index (κ3) is 3.09. The van der Waals surface area contributed by atoms with Crippen LogP contribution in [0.3, 0.4) is 0 Å². The molecule has 1 aliphatic heterocycles. The van der Waals surface area contributed by atoms with Gasteiger partial charge in [0.15, 0.2) is 0 Å². The minimum atomic E-state index is -0.482. The van der Waals surface area contributed by atoms with Crippen molar-refractivity contribution in [1.29, 1.82) is 5.26 Å². The summed E-state index contributed by atoms with van der Waals surface area (Å²) in [5.41, 5.74) is 2.02. The number of ketones is 1. The Morgan fingerprint density at radius 2 is 2.12 bits per heavy atom. The minimum Gasteiger partial charge on any atom is -0.464 e. The van der Waals surface area contributed by atoms with Crippen LogP contribution in [0.15, 0.2) is 36.4 Å². The molecule has 5 nitrogen and oxygen atoms in total. The molecule has 1 aromatic carbocycles. The first-order valence-corrected chi connectivity index (χ1v) is 8.99. The van der Waals surface area contributed by atoms with Gasteiger partial charge in [0.05, 0.1) is 12.0 Å². The lowest BCUT2D eigenvalue weighted by Crippen LogP contribution is -2.37. The summed E-state index contributed by atoms with van der Waals surface area (Å²) in [6.45, 7) is 0.822. The first kappa shape index (κ1) is 16.0. The second-order valence-electron chi connectivity index (χ2n) is 6.35. The van der Waals surface area contributed by atoms with Gasteiger partial charge < -0.3 is 10.1 Å². The molecule has 1 fully saturated rings. The maximum absolute atomic E-state index is 12.8. The van der Waals surface area contributed by atoms with E-state index < -0.39 is 5.92 Å². The fourth-order valence-corrected chi connectivity index (χ4v) is 4.15. The molecular weight excluding hydrogens is 336 g/mol. The van der Waals surface area contributed by atoms with Gasteiger partial charge in [-0.25, -0.2) is 0 Å². The number of nitrogens with zero attached hydrogens (tertiary/aromatic N) is 1. The number of carbonyl (C=O) groups is 2. The first-order valence-electron chi connectivity index (χ1n) is 8.17. The largest absolute Gasteiger partial charge is 0.464 e. The highest BCUT2D eigenvalue weighted by Crippen LogP contribution is 2.40. The van der Waals surface area contributed by atoms with E-state index in [4.69, 9.17) is 10.00 Å². The Bertz CT molecular complexity index is 883. The summed E-state index contributed by atoms with van der Waals surface area (Å²) in [5.74, 6) is -0.773. The number of hydrogen-bond donors (Lipinski definition) is 1. The number of benzene rings is 1. The molecule has 0 bridgehead atoms. The van der Waals surface area contributed by atoms with Gasteiger partial charge >= 0.3 is 5.97 Å². The van der Waals surface area contributed by atoms with Gasteiger partial charge in [0.2, 0.25) is 0 Å². The molecular formula is C19H16N2O3S. The number of rotatable bonds is 4. The van der Waals surface area contributed by atoms with Crippen LogP contribution >= 0.6 is 11.3 Å². The first-order chi connectivity index (χ1) is 12.2. The van der Waals surface area contributed by atoms with Crippen molar-refractivity contribution in [3.05, 3.63) is 57.3 Å². The molecule has 0 amide bonds. The zero-order chi connectivity index (χ0) is 17.4. The number of nitriles is 1. The summed E-state index contributed by atoms with van der Waals surface area (Å²) in [6.07, 6.45) is 0.507. The predicted molar refractivity (Wildman–Crippen MR) is 91.9 cm³/mol. The Labute approximate surface area is 149 Å². The van der Waals surface area contributed by atoms with E-state index in [2.05, 4.69) is 11.4 Å². The average Bonchev–Trinajstić information content (AvgIpc) is 3.15. The van der Waals surface area contributed by atoms with Gasteiger partial charge in [0.1, 0.15) is 29.3 Å². The van der Waals surface area contributed by atoms with Crippen molar-refractivity contribution in [2.45, 2.75) is 24.9 Å². The molecule has 6 heteroatoms. The van der Waals surface area contributed by atoms with Gasteiger partial charge in [-0.1, -0.05) is 24.3 Å². The zero-order valence-electron chi connectivity index (χ0n) is 13.4. The SMILES string of the molecule is N#Cc1ccc(C2NCc3ccccc3C2C(=O)OCC2CC2=O)s1. The number of Topliss-reactive ketones (excluding diaryl/α,β-unsaturated/α-hetero) is 1. The van der Waals surface area contributed by atoms with Gasteiger partial charge in [-0.3, -0.25) is 9.59 Å². The zero-order valence-corrected chi connectivity index (χ0v) is 14.2. The lowest BCUT2D eigenvalue weighted by molar-refractivity contribution is -0.147. The third-order valence-corrected chi connectivity index (χ3v) is 5.78. The molecule has 0 radical (unpaired) electrons. The smallest absolute Gasteiger partial charge is 0.315 e. The fraction of sp³-hybridized carbons (Fsp3) is 0.316. The monoisotopic (exact) mass is 352 g/mol. The van der Waals surface area contributed by atoms with Crippen molar-refractivity contribution >= 4 is 23.1 Å². The number of thiophene rings is 1. The van der Waals surface area contributed by atoms with Gasteiger partial charge in [-0.2, -0.15) is 5.26 Å². The Hall–Kier alpha value is -2.49. The second-order valence-corrected chi connectivity index (χ2v) is 7.46. The number of esters is 1. The Balaban J connectivity index is 1.64. The van der Waals surface area contributed by atoms with E-state index in [0.717, 1.165) is 16.0 Å². The van der Waals surface area contributed by atoms with Crippen LogP contribution in [0.2, 0.25) is 0 Å². The molecule has 3 atom stereocenters. The molecule has 4 rings (SSSR count).